The van der Waals surface area contributed by atoms with Crippen molar-refractivity contribution >= 4 is 5.91 Å². The third-order valence-corrected chi connectivity index (χ3v) is 3.05. The first kappa shape index (κ1) is 10.0. The molecule has 0 fully saturated rings. The third kappa shape index (κ3) is 1.60. The summed E-state index contributed by atoms with van der Waals surface area (Å²) in [6, 6.07) is 9.86. The molecule has 17 heavy (non-hydrogen) atoms. The number of carbonyl (C=O) groups is 1. The minimum atomic E-state index is 0.0210. The fraction of sp³-hybridized carbons (Fsp3) is 0.143. The van der Waals surface area contributed by atoms with Crippen LogP contribution in [0, 0.1) is 6.92 Å². The number of carbonyl (C=O) groups excluding carboxylic acids is 1. The Bertz CT molecular complexity index is 605. The van der Waals surface area contributed by atoms with E-state index in [0.29, 0.717) is 6.54 Å². The summed E-state index contributed by atoms with van der Waals surface area (Å²) in [5.74, 6) is 0.0210. The molecule has 0 saturated carbocycles. The van der Waals surface area contributed by atoms with Gasteiger partial charge in [-0.05, 0) is 41.8 Å². The van der Waals surface area contributed by atoms with Crippen LogP contribution in [0.5, 0.6) is 0 Å². The number of nitrogens with one attached hydrogen (secondary N) is 1. The van der Waals surface area contributed by atoms with E-state index in [1.807, 2.05) is 37.3 Å². The Morgan fingerprint density at radius 2 is 2.06 bits per heavy atom. The molecular formula is C14H12N2O. The van der Waals surface area contributed by atoms with Crippen LogP contribution < -0.4 is 5.32 Å². The van der Waals surface area contributed by atoms with Crippen LogP contribution in [0.3, 0.4) is 0 Å². The predicted octanol–water partition coefficient (Wildman–Crippen LogP) is 2.30. The number of nitrogens with zero attached hydrogens (tertiary/aromatic N) is 1. The zero-order valence-corrected chi connectivity index (χ0v) is 9.53. The Labute approximate surface area is 99.5 Å². The van der Waals surface area contributed by atoms with E-state index in [4.69, 9.17) is 0 Å². The van der Waals surface area contributed by atoms with E-state index < -0.39 is 0 Å². The molecule has 1 aliphatic heterocycles. The number of aromatic nitrogens is 1. The van der Waals surface area contributed by atoms with Crippen molar-refractivity contribution in [3.63, 3.8) is 0 Å². The first-order valence-corrected chi connectivity index (χ1v) is 5.59. The van der Waals surface area contributed by atoms with Gasteiger partial charge in [0.2, 0.25) is 0 Å². The fourth-order valence-electron chi connectivity index (χ4n) is 2.24. The molecule has 0 radical (unpaired) electrons. The van der Waals surface area contributed by atoms with Crippen molar-refractivity contribution in [2.75, 3.05) is 0 Å². The Kier molecular flexibility index (Phi) is 2.18. The van der Waals surface area contributed by atoms with Gasteiger partial charge in [-0.25, -0.2) is 0 Å². The molecule has 0 saturated heterocycles. The van der Waals surface area contributed by atoms with Crippen molar-refractivity contribution in [1.29, 1.82) is 0 Å². The predicted molar refractivity (Wildman–Crippen MR) is 65.6 cm³/mol. The molecule has 3 heteroatoms. The van der Waals surface area contributed by atoms with Crippen molar-refractivity contribution in [2.45, 2.75) is 13.5 Å². The summed E-state index contributed by atoms with van der Waals surface area (Å²) >= 11 is 0. The molecule has 1 amide bonds. The average molecular weight is 224 g/mol. The number of hydrogen-bond donors (Lipinski definition) is 1. The van der Waals surface area contributed by atoms with Crippen LogP contribution in [0.25, 0.3) is 11.1 Å². The van der Waals surface area contributed by atoms with Crippen LogP contribution in [0.15, 0.2) is 36.5 Å². The van der Waals surface area contributed by atoms with Crippen molar-refractivity contribution < 1.29 is 4.79 Å². The fourth-order valence-corrected chi connectivity index (χ4v) is 2.24. The number of aryl methyl sites for hydroxylation is 1. The van der Waals surface area contributed by atoms with Gasteiger partial charge in [-0.3, -0.25) is 9.78 Å². The number of rotatable bonds is 1. The monoisotopic (exact) mass is 224 g/mol. The Morgan fingerprint density at radius 1 is 1.24 bits per heavy atom. The van der Waals surface area contributed by atoms with Crippen LogP contribution in [-0.2, 0) is 6.54 Å². The molecule has 2 heterocycles. The molecule has 3 nitrogen and oxygen atoms in total. The average Bonchev–Trinajstić information content (AvgIpc) is 2.71. The SMILES string of the molecule is Cc1cc(-c2cccc3c2CNC3=O)ccn1. The largest absolute Gasteiger partial charge is 0.348 e. The maximum atomic E-state index is 11.6. The van der Waals surface area contributed by atoms with Crippen LogP contribution in [0.2, 0.25) is 0 Å². The van der Waals surface area contributed by atoms with Crippen LogP contribution >= 0.6 is 0 Å². The van der Waals surface area contributed by atoms with E-state index in [-0.39, 0.29) is 5.91 Å². The molecule has 3 rings (SSSR count). The summed E-state index contributed by atoms with van der Waals surface area (Å²) < 4.78 is 0. The molecule has 0 atom stereocenters. The molecule has 1 aliphatic rings. The summed E-state index contributed by atoms with van der Waals surface area (Å²) in [7, 11) is 0. The molecule has 2 aromatic rings. The van der Waals surface area contributed by atoms with Gasteiger partial charge in [0, 0.05) is 24.0 Å². The van der Waals surface area contributed by atoms with E-state index in [1.54, 1.807) is 6.20 Å². The van der Waals surface area contributed by atoms with Gasteiger partial charge in [0.15, 0.2) is 0 Å². The maximum Gasteiger partial charge on any atom is 0.251 e. The van der Waals surface area contributed by atoms with Crippen LogP contribution in [0.1, 0.15) is 21.6 Å². The summed E-state index contributed by atoms with van der Waals surface area (Å²) in [6.07, 6.45) is 1.80. The third-order valence-electron chi connectivity index (χ3n) is 3.05. The number of fused-ring (bicyclic) bond motifs is 1. The molecule has 0 unspecified atom stereocenters. The molecule has 1 N–H and O–H groups in total. The lowest BCUT2D eigenvalue weighted by Crippen LogP contribution is -2.12. The minimum Gasteiger partial charge on any atom is -0.348 e. The molecule has 1 aromatic carbocycles. The van der Waals surface area contributed by atoms with Crippen molar-refractivity contribution in [3.05, 3.63) is 53.3 Å². The summed E-state index contributed by atoms with van der Waals surface area (Å²) in [4.78, 5) is 15.8. The highest BCUT2D eigenvalue weighted by atomic mass is 16.1. The highest BCUT2D eigenvalue weighted by Gasteiger charge is 2.21. The van der Waals surface area contributed by atoms with Gasteiger partial charge in [0.05, 0.1) is 0 Å². The standard InChI is InChI=1S/C14H12N2O/c1-9-7-10(5-6-15-9)11-3-2-4-12-13(11)8-16-14(12)17/h2-7H,8H2,1H3,(H,16,17). The molecule has 0 spiro atoms. The lowest BCUT2D eigenvalue weighted by Gasteiger charge is -2.07. The molecule has 0 bridgehead atoms. The topological polar surface area (TPSA) is 42.0 Å². The summed E-state index contributed by atoms with van der Waals surface area (Å²) in [5, 5.41) is 2.86. The zero-order chi connectivity index (χ0) is 11.8. The molecule has 84 valence electrons. The smallest absolute Gasteiger partial charge is 0.251 e. The van der Waals surface area contributed by atoms with E-state index in [9.17, 15) is 4.79 Å². The van der Waals surface area contributed by atoms with Gasteiger partial charge in [0.1, 0.15) is 0 Å². The molecule has 1 aromatic heterocycles. The normalized spacial score (nSPS) is 13.4. The lowest BCUT2D eigenvalue weighted by molar-refractivity contribution is 0.0966. The van der Waals surface area contributed by atoms with E-state index >= 15 is 0 Å². The first-order valence-electron chi connectivity index (χ1n) is 5.59. The van der Waals surface area contributed by atoms with E-state index in [0.717, 1.165) is 27.9 Å². The number of pyridine rings is 1. The van der Waals surface area contributed by atoms with Gasteiger partial charge in [0.25, 0.3) is 5.91 Å². The first-order chi connectivity index (χ1) is 8.25. The highest BCUT2D eigenvalue weighted by Crippen LogP contribution is 2.29. The molecule has 0 aliphatic carbocycles. The van der Waals surface area contributed by atoms with Gasteiger partial charge < -0.3 is 5.32 Å². The zero-order valence-electron chi connectivity index (χ0n) is 9.53. The Balaban J connectivity index is 2.20. The Morgan fingerprint density at radius 3 is 2.88 bits per heavy atom. The Hall–Kier alpha value is -2.16. The van der Waals surface area contributed by atoms with Crippen molar-refractivity contribution in [2.24, 2.45) is 0 Å². The summed E-state index contributed by atoms with van der Waals surface area (Å²) in [6.45, 7) is 2.59. The lowest BCUT2D eigenvalue weighted by atomic mass is 9.97. The summed E-state index contributed by atoms with van der Waals surface area (Å²) in [5.41, 5.74) is 5.09. The van der Waals surface area contributed by atoms with Gasteiger partial charge in [-0.1, -0.05) is 12.1 Å². The second kappa shape index (κ2) is 3.70. The van der Waals surface area contributed by atoms with E-state index in [2.05, 4.69) is 10.3 Å². The number of amides is 1. The second-order valence-corrected chi connectivity index (χ2v) is 4.20. The van der Waals surface area contributed by atoms with Crippen molar-refractivity contribution in [1.82, 2.24) is 10.3 Å². The highest BCUT2D eigenvalue weighted by molar-refractivity contribution is 6.00. The van der Waals surface area contributed by atoms with Crippen LogP contribution in [0.4, 0.5) is 0 Å². The van der Waals surface area contributed by atoms with Crippen LogP contribution in [-0.4, -0.2) is 10.9 Å². The van der Waals surface area contributed by atoms with Gasteiger partial charge in [-0.2, -0.15) is 0 Å². The second-order valence-electron chi connectivity index (χ2n) is 4.20. The maximum absolute atomic E-state index is 11.6. The number of benzene rings is 1. The molecular weight excluding hydrogens is 212 g/mol. The van der Waals surface area contributed by atoms with E-state index in [1.165, 1.54) is 0 Å². The number of hydrogen-bond acceptors (Lipinski definition) is 2. The quantitative estimate of drug-likeness (QED) is 0.807. The van der Waals surface area contributed by atoms with Gasteiger partial charge >= 0.3 is 0 Å². The minimum absolute atomic E-state index is 0.0210. The van der Waals surface area contributed by atoms with Crippen molar-refractivity contribution in [3.8, 4) is 11.1 Å². The van der Waals surface area contributed by atoms with Gasteiger partial charge in [-0.15, -0.1) is 0 Å².